The highest BCUT2D eigenvalue weighted by atomic mass is 15.2. The lowest BCUT2D eigenvalue weighted by Crippen LogP contribution is -2.57. The Bertz CT molecular complexity index is 343. The maximum absolute atomic E-state index is 4.07. The second-order valence-corrected chi connectivity index (χ2v) is 7.41. The summed E-state index contributed by atoms with van der Waals surface area (Å²) in [7, 11) is 0. The Morgan fingerprint density at radius 2 is 1.19 bits per heavy atom. The van der Waals surface area contributed by atoms with Gasteiger partial charge in [0.2, 0.25) is 0 Å². The third kappa shape index (κ3) is 0.606. The van der Waals surface area contributed by atoms with E-state index in [9.17, 15) is 0 Å². The average molecular weight is 216 g/mol. The summed E-state index contributed by atoms with van der Waals surface area (Å²) in [5.41, 5.74) is 0. The van der Waals surface area contributed by atoms with E-state index in [1.807, 2.05) is 0 Å². The van der Waals surface area contributed by atoms with Crippen LogP contribution in [0.4, 0.5) is 0 Å². The first-order valence-electron chi connectivity index (χ1n) is 7.45. The second kappa shape index (κ2) is 2.24. The number of nitrogens with one attached hydrogen (secondary N) is 2. The van der Waals surface area contributed by atoms with Gasteiger partial charge in [-0.15, -0.1) is 0 Å². The molecule has 4 saturated carbocycles. The quantitative estimate of drug-likeness (QED) is 0.631. The monoisotopic (exact) mass is 216 g/mol. The van der Waals surface area contributed by atoms with Crippen LogP contribution in [0.15, 0.2) is 0 Å². The van der Waals surface area contributed by atoms with Crippen molar-refractivity contribution in [1.29, 1.82) is 0 Å². The fraction of sp³-hybridized carbons (Fsp3) is 1.00. The molecule has 0 amide bonds. The van der Waals surface area contributed by atoms with E-state index in [0.717, 1.165) is 59.7 Å². The van der Waals surface area contributed by atoms with Crippen molar-refractivity contribution < 1.29 is 0 Å². The van der Waals surface area contributed by atoms with E-state index in [1.165, 1.54) is 19.3 Å². The highest BCUT2D eigenvalue weighted by molar-refractivity contribution is 5.29. The fourth-order valence-corrected chi connectivity index (χ4v) is 7.36. The van der Waals surface area contributed by atoms with Crippen LogP contribution in [-0.2, 0) is 0 Å². The molecule has 2 heterocycles. The molecule has 6 aliphatic rings. The van der Waals surface area contributed by atoms with E-state index in [-0.39, 0.29) is 0 Å². The van der Waals surface area contributed by atoms with Gasteiger partial charge in [-0.2, -0.15) is 0 Å². The van der Waals surface area contributed by atoms with Gasteiger partial charge in [0.05, 0.1) is 0 Å². The molecule has 2 N–H and O–H groups in total. The second-order valence-electron chi connectivity index (χ2n) is 7.41. The van der Waals surface area contributed by atoms with Crippen molar-refractivity contribution in [3.05, 3.63) is 0 Å². The normalized spacial score (nSPS) is 76.5. The SMILES string of the molecule is C1C[C@@H]2[C@H](C1)[C@@H]1N[C@H]3[C@@H]4C[C@@H]5[C@H]3N[C@H]2[C@H]5[C@@H]41. The fourth-order valence-electron chi connectivity index (χ4n) is 7.36. The van der Waals surface area contributed by atoms with Crippen LogP contribution in [0.3, 0.4) is 0 Å². The van der Waals surface area contributed by atoms with Crippen molar-refractivity contribution >= 4 is 0 Å². The lowest BCUT2D eigenvalue weighted by Gasteiger charge is -2.44. The molecule has 86 valence electrons. The predicted octanol–water partition coefficient (Wildman–Crippen LogP) is 0.979. The average Bonchev–Trinajstić information content (AvgIpc) is 2.92. The minimum Gasteiger partial charge on any atom is -0.309 e. The van der Waals surface area contributed by atoms with Crippen LogP contribution < -0.4 is 10.6 Å². The van der Waals surface area contributed by atoms with Crippen molar-refractivity contribution in [3.8, 4) is 0 Å². The first kappa shape index (κ1) is 8.10. The van der Waals surface area contributed by atoms with E-state index in [4.69, 9.17) is 0 Å². The molecule has 0 aromatic rings. The maximum Gasteiger partial charge on any atom is 0.0258 e. The summed E-state index contributed by atoms with van der Waals surface area (Å²) < 4.78 is 0. The molecule has 2 nitrogen and oxygen atoms in total. The summed E-state index contributed by atoms with van der Waals surface area (Å²) >= 11 is 0. The molecular formula is C14H20N2. The van der Waals surface area contributed by atoms with Gasteiger partial charge in [0, 0.05) is 24.2 Å². The van der Waals surface area contributed by atoms with Gasteiger partial charge in [0.1, 0.15) is 0 Å². The molecule has 2 heteroatoms. The van der Waals surface area contributed by atoms with Crippen LogP contribution in [0.1, 0.15) is 25.7 Å². The van der Waals surface area contributed by atoms with Crippen LogP contribution in [-0.4, -0.2) is 24.2 Å². The van der Waals surface area contributed by atoms with Crippen molar-refractivity contribution in [1.82, 2.24) is 10.6 Å². The van der Waals surface area contributed by atoms with E-state index >= 15 is 0 Å². The highest BCUT2D eigenvalue weighted by Crippen LogP contribution is 2.67. The van der Waals surface area contributed by atoms with E-state index in [2.05, 4.69) is 10.6 Å². The Balaban J connectivity index is 1.60. The van der Waals surface area contributed by atoms with E-state index < -0.39 is 0 Å². The molecule has 16 heavy (non-hydrogen) atoms. The first-order valence-corrected chi connectivity index (χ1v) is 7.45. The lowest BCUT2D eigenvalue weighted by molar-refractivity contribution is 0.0894. The molecule has 10 atom stereocenters. The molecule has 6 fully saturated rings. The zero-order chi connectivity index (χ0) is 10.0. The summed E-state index contributed by atoms with van der Waals surface area (Å²) in [6.07, 6.45) is 6.13. The Labute approximate surface area is 96.5 Å². The minimum absolute atomic E-state index is 0.878. The molecule has 6 rings (SSSR count). The zero-order valence-corrected chi connectivity index (χ0v) is 9.60. The molecule has 2 saturated heterocycles. The van der Waals surface area contributed by atoms with Crippen molar-refractivity contribution in [2.45, 2.75) is 49.9 Å². The molecule has 2 bridgehead atoms. The minimum atomic E-state index is 0.878. The Kier molecular flexibility index (Phi) is 1.13. The number of fused-ring (bicyclic) bond motifs is 4. The van der Waals surface area contributed by atoms with Crippen LogP contribution in [0.5, 0.6) is 0 Å². The third-order valence-electron chi connectivity index (χ3n) is 7.43. The number of rotatable bonds is 0. The van der Waals surface area contributed by atoms with Crippen LogP contribution in [0.25, 0.3) is 0 Å². The molecule has 4 aliphatic carbocycles. The predicted molar refractivity (Wildman–Crippen MR) is 60.8 cm³/mol. The molecule has 0 spiro atoms. The van der Waals surface area contributed by atoms with Crippen molar-refractivity contribution in [3.63, 3.8) is 0 Å². The number of hydrogen-bond acceptors (Lipinski definition) is 2. The molecule has 0 aromatic carbocycles. The topological polar surface area (TPSA) is 24.1 Å². The molecule has 0 radical (unpaired) electrons. The maximum atomic E-state index is 4.07. The summed E-state index contributed by atoms with van der Waals surface area (Å²) in [5.74, 6) is 6.41. The zero-order valence-electron chi connectivity index (χ0n) is 9.60. The van der Waals surface area contributed by atoms with Gasteiger partial charge in [-0.1, -0.05) is 6.42 Å². The number of hydrogen-bond donors (Lipinski definition) is 2. The van der Waals surface area contributed by atoms with Crippen LogP contribution in [0, 0.1) is 35.5 Å². The molecule has 2 aliphatic heterocycles. The summed E-state index contributed by atoms with van der Waals surface area (Å²) in [5, 5.41) is 8.14. The molecule has 0 unspecified atom stereocenters. The van der Waals surface area contributed by atoms with Gasteiger partial charge in [-0.25, -0.2) is 0 Å². The largest absolute Gasteiger partial charge is 0.309 e. The van der Waals surface area contributed by atoms with Gasteiger partial charge in [-0.3, -0.25) is 0 Å². The molecule has 0 aromatic heterocycles. The Morgan fingerprint density at radius 1 is 0.625 bits per heavy atom. The van der Waals surface area contributed by atoms with Crippen LogP contribution >= 0.6 is 0 Å². The van der Waals surface area contributed by atoms with Crippen molar-refractivity contribution in [2.24, 2.45) is 35.5 Å². The first-order chi connectivity index (χ1) is 7.93. The Morgan fingerprint density at radius 3 is 1.75 bits per heavy atom. The third-order valence-corrected chi connectivity index (χ3v) is 7.43. The van der Waals surface area contributed by atoms with Gasteiger partial charge >= 0.3 is 0 Å². The van der Waals surface area contributed by atoms with Gasteiger partial charge in [0.15, 0.2) is 0 Å². The van der Waals surface area contributed by atoms with Gasteiger partial charge in [0.25, 0.3) is 0 Å². The Hall–Kier alpha value is -0.0800. The van der Waals surface area contributed by atoms with Gasteiger partial charge in [-0.05, 0) is 54.8 Å². The summed E-state index contributed by atoms with van der Waals surface area (Å²) in [4.78, 5) is 0. The van der Waals surface area contributed by atoms with Crippen molar-refractivity contribution in [2.75, 3.05) is 0 Å². The van der Waals surface area contributed by atoms with E-state index in [0.29, 0.717) is 0 Å². The van der Waals surface area contributed by atoms with E-state index in [1.54, 1.807) is 6.42 Å². The summed E-state index contributed by atoms with van der Waals surface area (Å²) in [6.45, 7) is 0. The smallest absolute Gasteiger partial charge is 0.0258 e. The molecular weight excluding hydrogens is 196 g/mol. The highest BCUT2D eigenvalue weighted by Gasteiger charge is 2.73. The van der Waals surface area contributed by atoms with Crippen LogP contribution in [0.2, 0.25) is 0 Å². The summed E-state index contributed by atoms with van der Waals surface area (Å²) in [6, 6.07) is 3.65. The van der Waals surface area contributed by atoms with Gasteiger partial charge < -0.3 is 10.6 Å². The standard InChI is InChI=1S/C14H20N2/c1-2-5-6(3-1)12-10-8-4-7-9(10)11(5)15-13(7)14(8)16-12/h5-16H,1-4H2/t5-,6+,7+,8-,9-,10-,11-,12+,13-,14+/m1/s1. The lowest BCUT2D eigenvalue weighted by atomic mass is 9.63.